The normalized spacial score (nSPS) is 24.3. The van der Waals surface area contributed by atoms with E-state index >= 15 is 0 Å². The van der Waals surface area contributed by atoms with Crippen molar-refractivity contribution in [3.8, 4) is 0 Å². The van der Waals surface area contributed by atoms with Crippen molar-refractivity contribution in [3.05, 3.63) is 0 Å². The van der Waals surface area contributed by atoms with E-state index in [9.17, 15) is 18.0 Å². The molecule has 1 rings (SSSR count). The molecule has 0 saturated carbocycles. The van der Waals surface area contributed by atoms with E-state index in [1.807, 2.05) is 6.92 Å². The zero-order chi connectivity index (χ0) is 12.3. The molecule has 94 valence electrons. The van der Waals surface area contributed by atoms with Crippen LogP contribution in [-0.2, 0) is 4.79 Å². The van der Waals surface area contributed by atoms with Gasteiger partial charge in [0.25, 0.3) is 0 Å². The maximum Gasteiger partial charge on any atom is 0.393 e. The van der Waals surface area contributed by atoms with Crippen LogP contribution >= 0.6 is 15.9 Å². The van der Waals surface area contributed by atoms with Crippen LogP contribution in [-0.4, -0.2) is 34.9 Å². The first-order valence-corrected chi connectivity index (χ1v) is 6.27. The number of hydrogen-bond donors (Lipinski definition) is 0. The van der Waals surface area contributed by atoms with Crippen molar-refractivity contribution in [1.82, 2.24) is 4.90 Å². The topological polar surface area (TPSA) is 20.3 Å². The maximum atomic E-state index is 12.5. The van der Waals surface area contributed by atoms with Crippen molar-refractivity contribution in [2.75, 3.05) is 13.1 Å². The summed E-state index contributed by atoms with van der Waals surface area (Å²) in [6, 6.07) is 0. The highest BCUT2D eigenvalue weighted by molar-refractivity contribution is 9.10. The molecule has 1 amide bonds. The first kappa shape index (κ1) is 13.8. The summed E-state index contributed by atoms with van der Waals surface area (Å²) in [7, 11) is 0. The molecule has 0 aromatic carbocycles. The molecule has 0 aromatic heterocycles. The third-order valence-electron chi connectivity index (χ3n) is 2.82. The number of rotatable bonds is 2. The minimum absolute atomic E-state index is 0.131. The fourth-order valence-electron chi connectivity index (χ4n) is 1.82. The van der Waals surface area contributed by atoms with Crippen molar-refractivity contribution in [2.45, 2.75) is 37.2 Å². The van der Waals surface area contributed by atoms with Gasteiger partial charge in [-0.1, -0.05) is 22.9 Å². The molecule has 1 aliphatic rings. The van der Waals surface area contributed by atoms with E-state index in [4.69, 9.17) is 0 Å². The molecule has 0 bridgehead atoms. The number of carbonyl (C=O) groups is 1. The molecule has 0 N–H and O–H groups in total. The molecule has 1 heterocycles. The second kappa shape index (κ2) is 5.38. The third kappa shape index (κ3) is 3.37. The van der Waals surface area contributed by atoms with Gasteiger partial charge in [0.15, 0.2) is 0 Å². The lowest BCUT2D eigenvalue weighted by Gasteiger charge is -2.34. The lowest BCUT2D eigenvalue weighted by Crippen LogP contribution is -2.46. The first-order valence-electron chi connectivity index (χ1n) is 5.35. The Morgan fingerprint density at radius 2 is 2.19 bits per heavy atom. The highest BCUT2D eigenvalue weighted by Crippen LogP contribution is 2.33. The minimum atomic E-state index is -4.19. The molecule has 2 unspecified atom stereocenters. The number of carbonyl (C=O) groups excluding carboxylic acids is 1. The highest BCUT2D eigenvalue weighted by atomic mass is 79.9. The van der Waals surface area contributed by atoms with Crippen LogP contribution in [0.1, 0.15) is 26.2 Å². The minimum Gasteiger partial charge on any atom is -0.341 e. The molecule has 1 fully saturated rings. The number of nitrogens with zero attached hydrogens (tertiary/aromatic N) is 1. The van der Waals surface area contributed by atoms with Crippen LogP contribution in [0.15, 0.2) is 0 Å². The third-order valence-corrected chi connectivity index (χ3v) is 3.86. The van der Waals surface area contributed by atoms with Crippen LogP contribution in [0, 0.1) is 5.92 Å². The molecular weight excluding hydrogens is 287 g/mol. The van der Waals surface area contributed by atoms with Gasteiger partial charge < -0.3 is 4.90 Å². The Morgan fingerprint density at radius 3 is 2.69 bits per heavy atom. The van der Waals surface area contributed by atoms with Gasteiger partial charge in [-0.15, -0.1) is 0 Å². The molecule has 1 saturated heterocycles. The van der Waals surface area contributed by atoms with Crippen LogP contribution in [0.5, 0.6) is 0 Å². The van der Waals surface area contributed by atoms with E-state index in [0.29, 0.717) is 19.4 Å². The maximum absolute atomic E-state index is 12.5. The Hall–Kier alpha value is -0.260. The SMILES string of the molecule is CCC(Br)C(=O)N1CCCC(C(F)(F)F)C1. The largest absolute Gasteiger partial charge is 0.393 e. The number of piperidine rings is 1. The number of likely N-dealkylation sites (tertiary alicyclic amines) is 1. The molecule has 6 heteroatoms. The quantitative estimate of drug-likeness (QED) is 0.718. The van der Waals surface area contributed by atoms with Gasteiger partial charge in [-0.25, -0.2) is 0 Å². The molecule has 0 aliphatic carbocycles. The summed E-state index contributed by atoms with van der Waals surface area (Å²) in [5.41, 5.74) is 0. The van der Waals surface area contributed by atoms with E-state index in [1.165, 1.54) is 4.90 Å². The average molecular weight is 302 g/mol. The zero-order valence-corrected chi connectivity index (χ0v) is 10.6. The van der Waals surface area contributed by atoms with Crippen LogP contribution in [0.3, 0.4) is 0 Å². The van der Waals surface area contributed by atoms with Crippen LogP contribution in [0.25, 0.3) is 0 Å². The summed E-state index contributed by atoms with van der Waals surface area (Å²) < 4.78 is 37.5. The van der Waals surface area contributed by atoms with Gasteiger partial charge in [-0.2, -0.15) is 13.2 Å². The van der Waals surface area contributed by atoms with Crippen molar-refractivity contribution >= 4 is 21.8 Å². The number of hydrogen-bond acceptors (Lipinski definition) is 1. The van der Waals surface area contributed by atoms with Gasteiger partial charge in [-0.05, 0) is 19.3 Å². The van der Waals surface area contributed by atoms with Gasteiger partial charge in [0.2, 0.25) is 5.91 Å². The molecule has 0 aromatic rings. The predicted octanol–water partition coefficient (Wildman–Crippen LogP) is 2.96. The highest BCUT2D eigenvalue weighted by Gasteiger charge is 2.43. The van der Waals surface area contributed by atoms with Crippen LogP contribution < -0.4 is 0 Å². The zero-order valence-electron chi connectivity index (χ0n) is 9.06. The standard InChI is InChI=1S/C10H15BrF3NO/c1-2-8(11)9(16)15-5-3-4-7(6-15)10(12,13)14/h7-8H,2-6H2,1H3. The second-order valence-electron chi connectivity index (χ2n) is 4.04. The molecule has 2 atom stereocenters. The number of alkyl halides is 4. The number of halogens is 4. The lowest BCUT2D eigenvalue weighted by atomic mass is 9.97. The summed E-state index contributed by atoms with van der Waals surface area (Å²) in [5, 5.41) is 0. The van der Waals surface area contributed by atoms with E-state index in [-0.39, 0.29) is 23.7 Å². The Morgan fingerprint density at radius 1 is 1.56 bits per heavy atom. The lowest BCUT2D eigenvalue weighted by molar-refractivity contribution is -0.187. The van der Waals surface area contributed by atoms with Crippen LogP contribution in [0.4, 0.5) is 13.2 Å². The van der Waals surface area contributed by atoms with E-state index in [0.717, 1.165) is 0 Å². The Labute approximate surface area is 101 Å². The number of amides is 1. The van der Waals surface area contributed by atoms with Gasteiger partial charge in [0.1, 0.15) is 0 Å². The fourth-order valence-corrected chi connectivity index (χ4v) is 2.11. The van der Waals surface area contributed by atoms with Gasteiger partial charge >= 0.3 is 6.18 Å². The van der Waals surface area contributed by atoms with Crippen molar-refractivity contribution < 1.29 is 18.0 Å². The smallest absolute Gasteiger partial charge is 0.341 e. The molecule has 2 nitrogen and oxygen atoms in total. The summed E-state index contributed by atoms with van der Waals surface area (Å²) in [6.45, 7) is 2.07. The van der Waals surface area contributed by atoms with E-state index in [1.54, 1.807) is 0 Å². The summed E-state index contributed by atoms with van der Waals surface area (Å²) in [6.07, 6.45) is -3.04. The first-order chi connectivity index (χ1) is 7.36. The molecular formula is C10H15BrF3NO. The van der Waals surface area contributed by atoms with E-state index in [2.05, 4.69) is 15.9 Å². The van der Waals surface area contributed by atoms with Gasteiger partial charge in [-0.3, -0.25) is 4.79 Å². The summed E-state index contributed by atoms with van der Waals surface area (Å²) in [5.74, 6) is -1.58. The fraction of sp³-hybridized carbons (Fsp3) is 0.900. The predicted molar refractivity (Wildman–Crippen MR) is 58.4 cm³/mol. The Kier molecular flexibility index (Phi) is 4.64. The van der Waals surface area contributed by atoms with Gasteiger partial charge in [0, 0.05) is 13.1 Å². The second-order valence-corrected chi connectivity index (χ2v) is 5.15. The van der Waals surface area contributed by atoms with E-state index < -0.39 is 12.1 Å². The Bertz CT molecular complexity index is 257. The summed E-state index contributed by atoms with van der Waals surface area (Å²) >= 11 is 3.18. The monoisotopic (exact) mass is 301 g/mol. The molecule has 0 spiro atoms. The summed E-state index contributed by atoms with van der Waals surface area (Å²) in [4.78, 5) is 12.7. The average Bonchev–Trinajstić information content (AvgIpc) is 2.26. The van der Waals surface area contributed by atoms with Crippen molar-refractivity contribution in [2.24, 2.45) is 5.92 Å². The molecule has 16 heavy (non-hydrogen) atoms. The van der Waals surface area contributed by atoms with Crippen molar-refractivity contribution in [3.63, 3.8) is 0 Å². The Balaban J connectivity index is 2.60. The molecule has 0 radical (unpaired) electrons. The van der Waals surface area contributed by atoms with Crippen molar-refractivity contribution in [1.29, 1.82) is 0 Å². The molecule has 1 aliphatic heterocycles. The van der Waals surface area contributed by atoms with Gasteiger partial charge in [0.05, 0.1) is 10.7 Å². The van der Waals surface area contributed by atoms with Crippen LogP contribution in [0.2, 0.25) is 0 Å².